The van der Waals surface area contributed by atoms with Crippen LogP contribution in [0, 0.1) is 11.7 Å². The Balaban J connectivity index is 1.44. The summed E-state index contributed by atoms with van der Waals surface area (Å²) >= 11 is 1.52. The zero-order valence-corrected chi connectivity index (χ0v) is 16.5. The van der Waals surface area contributed by atoms with Crippen molar-refractivity contribution >= 4 is 43.4 Å². The van der Waals surface area contributed by atoms with Gasteiger partial charge in [-0.2, -0.15) is 0 Å². The molecule has 1 saturated heterocycles. The largest absolute Gasteiger partial charge is 0.355 e. The molecule has 0 radical (unpaired) electrons. The molecule has 3 heterocycles. The Kier molecular flexibility index (Phi) is 4.62. The number of thiophene rings is 1. The fourth-order valence-electron chi connectivity index (χ4n) is 4.56. The number of amides is 1. The fraction of sp³-hybridized carbons (Fsp3) is 0.476. The highest BCUT2D eigenvalue weighted by Gasteiger charge is 2.30. The molecule has 2 aromatic heterocycles. The summed E-state index contributed by atoms with van der Waals surface area (Å²) in [5.41, 5.74) is 0.667. The predicted molar refractivity (Wildman–Crippen MR) is 110 cm³/mol. The van der Waals surface area contributed by atoms with Crippen LogP contribution in [-0.2, 0) is 4.79 Å². The molecular formula is C21H23FN4OS. The Labute approximate surface area is 167 Å². The molecule has 1 saturated carbocycles. The number of hydrogen-bond donors (Lipinski definition) is 1. The first kappa shape index (κ1) is 17.8. The van der Waals surface area contributed by atoms with Crippen LogP contribution in [0.5, 0.6) is 0 Å². The van der Waals surface area contributed by atoms with Gasteiger partial charge < -0.3 is 10.2 Å². The normalized spacial score (nSPS) is 20.9. The summed E-state index contributed by atoms with van der Waals surface area (Å²) in [5, 5.41) is 3.81. The number of halogens is 1. The molecule has 3 aromatic rings. The number of aromatic nitrogens is 2. The zero-order chi connectivity index (χ0) is 19.1. The van der Waals surface area contributed by atoms with Gasteiger partial charge in [-0.3, -0.25) is 4.79 Å². The second-order valence-electron chi connectivity index (χ2n) is 7.87. The van der Waals surface area contributed by atoms with E-state index in [2.05, 4.69) is 20.2 Å². The van der Waals surface area contributed by atoms with Crippen LogP contribution in [0.3, 0.4) is 0 Å². The lowest BCUT2D eigenvalue weighted by Gasteiger charge is -2.33. The molecule has 0 bridgehead atoms. The van der Waals surface area contributed by atoms with Gasteiger partial charge in [0.05, 0.1) is 21.5 Å². The second kappa shape index (κ2) is 7.28. The lowest BCUT2D eigenvalue weighted by Crippen LogP contribution is -2.45. The van der Waals surface area contributed by atoms with E-state index in [-0.39, 0.29) is 17.6 Å². The maximum atomic E-state index is 14.4. The van der Waals surface area contributed by atoms with Crippen LogP contribution >= 0.6 is 11.3 Å². The van der Waals surface area contributed by atoms with Gasteiger partial charge in [0.15, 0.2) is 0 Å². The number of carbonyl (C=O) groups excluding carboxylic acids is 1. The minimum absolute atomic E-state index is 0.0227. The monoisotopic (exact) mass is 398 g/mol. The number of piperidine rings is 1. The van der Waals surface area contributed by atoms with Crippen LogP contribution in [0.15, 0.2) is 24.5 Å². The van der Waals surface area contributed by atoms with Gasteiger partial charge in [-0.25, -0.2) is 14.4 Å². The summed E-state index contributed by atoms with van der Waals surface area (Å²) < 4.78 is 16.1. The van der Waals surface area contributed by atoms with Crippen molar-refractivity contribution in [3.8, 4) is 0 Å². The van der Waals surface area contributed by atoms with Gasteiger partial charge in [0, 0.05) is 23.8 Å². The van der Waals surface area contributed by atoms with Crippen molar-refractivity contribution < 1.29 is 9.18 Å². The van der Waals surface area contributed by atoms with Gasteiger partial charge >= 0.3 is 0 Å². The Hall–Kier alpha value is -2.28. The van der Waals surface area contributed by atoms with Gasteiger partial charge in [-0.15, -0.1) is 11.3 Å². The van der Waals surface area contributed by atoms with Gasteiger partial charge in [-0.1, -0.05) is 18.9 Å². The molecule has 1 aromatic carbocycles. The quantitative estimate of drug-likeness (QED) is 0.716. The van der Waals surface area contributed by atoms with E-state index in [9.17, 15) is 9.18 Å². The minimum Gasteiger partial charge on any atom is -0.355 e. The fourth-order valence-corrected chi connectivity index (χ4v) is 5.75. The van der Waals surface area contributed by atoms with Crippen molar-refractivity contribution in [1.82, 2.24) is 15.3 Å². The molecule has 1 N–H and O–H groups in total. The van der Waals surface area contributed by atoms with E-state index in [1.165, 1.54) is 36.6 Å². The van der Waals surface area contributed by atoms with E-state index in [1.54, 1.807) is 6.07 Å². The molecule has 1 aliphatic carbocycles. The summed E-state index contributed by atoms with van der Waals surface area (Å²) in [6, 6.07) is 5.47. The van der Waals surface area contributed by atoms with Crippen LogP contribution in [-0.4, -0.2) is 35.0 Å². The molecule has 1 aliphatic heterocycles. The number of hydrogen-bond acceptors (Lipinski definition) is 5. The summed E-state index contributed by atoms with van der Waals surface area (Å²) in [7, 11) is 0. The Morgan fingerprint density at radius 1 is 1.18 bits per heavy atom. The van der Waals surface area contributed by atoms with E-state index in [1.807, 2.05) is 6.07 Å². The summed E-state index contributed by atoms with van der Waals surface area (Å²) in [4.78, 5) is 23.8. The highest BCUT2D eigenvalue weighted by molar-refractivity contribution is 7.26. The van der Waals surface area contributed by atoms with Crippen LogP contribution in [0.4, 0.5) is 10.2 Å². The van der Waals surface area contributed by atoms with Gasteiger partial charge in [0.2, 0.25) is 5.91 Å². The van der Waals surface area contributed by atoms with Crippen molar-refractivity contribution in [3.63, 3.8) is 0 Å². The lowest BCUT2D eigenvalue weighted by atomic mass is 9.96. The molecule has 1 atom stereocenters. The van der Waals surface area contributed by atoms with Crippen LogP contribution in [0.1, 0.15) is 38.5 Å². The first-order chi connectivity index (χ1) is 13.7. The number of carbonyl (C=O) groups is 1. The third-order valence-corrected chi connectivity index (χ3v) is 7.14. The molecular weight excluding hydrogens is 375 g/mol. The molecule has 0 spiro atoms. The third-order valence-electron chi connectivity index (χ3n) is 6.00. The Bertz CT molecular complexity index is 1030. The first-order valence-electron chi connectivity index (χ1n) is 10.1. The average molecular weight is 399 g/mol. The van der Waals surface area contributed by atoms with E-state index in [0.29, 0.717) is 23.5 Å². The number of benzene rings is 1. The topological polar surface area (TPSA) is 58.1 Å². The number of nitrogens with zero attached hydrogens (tertiary/aromatic N) is 3. The van der Waals surface area contributed by atoms with Crippen LogP contribution < -0.4 is 10.2 Å². The van der Waals surface area contributed by atoms with E-state index < -0.39 is 0 Å². The van der Waals surface area contributed by atoms with Crippen molar-refractivity contribution in [2.45, 2.75) is 44.6 Å². The Morgan fingerprint density at radius 3 is 2.89 bits per heavy atom. The van der Waals surface area contributed by atoms with Gasteiger partial charge in [0.25, 0.3) is 0 Å². The van der Waals surface area contributed by atoms with Crippen molar-refractivity contribution in [2.75, 3.05) is 18.0 Å². The molecule has 146 valence electrons. The standard InChI is InChI=1S/C21H23FN4OS/c22-15-8-3-9-16-17(15)18-19(28-16)20(24-12-23-18)26-10-4-5-13(11-26)21(27)25-14-6-1-2-7-14/h3,8-9,12-14H,1-2,4-7,10-11H2,(H,25,27). The SMILES string of the molecule is O=C(NC1CCCC1)C1CCCN(c2ncnc3c2sc2cccc(F)c23)C1. The van der Waals surface area contributed by atoms with E-state index in [0.717, 1.165) is 47.4 Å². The minimum atomic E-state index is -0.249. The van der Waals surface area contributed by atoms with Crippen LogP contribution in [0.25, 0.3) is 20.3 Å². The molecule has 1 unspecified atom stereocenters. The number of fused-ring (bicyclic) bond motifs is 3. The zero-order valence-electron chi connectivity index (χ0n) is 15.7. The molecule has 5 nitrogen and oxygen atoms in total. The molecule has 2 aliphatic rings. The molecule has 2 fully saturated rings. The van der Waals surface area contributed by atoms with Gasteiger partial charge in [0.1, 0.15) is 18.0 Å². The summed E-state index contributed by atoms with van der Waals surface area (Å²) in [6.07, 6.45) is 7.99. The third kappa shape index (κ3) is 3.11. The predicted octanol–water partition coefficient (Wildman–Crippen LogP) is 4.26. The first-order valence-corrected chi connectivity index (χ1v) is 10.9. The smallest absolute Gasteiger partial charge is 0.225 e. The molecule has 28 heavy (non-hydrogen) atoms. The number of nitrogens with one attached hydrogen (secondary N) is 1. The van der Waals surface area contributed by atoms with Crippen LogP contribution in [0.2, 0.25) is 0 Å². The van der Waals surface area contributed by atoms with E-state index in [4.69, 9.17) is 0 Å². The van der Waals surface area contributed by atoms with Crippen molar-refractivity contribution in [2.24, 2.45) is 5.92 Å². The average Bonchev–Trinajstić information content (AvgIpc) is 3.35. The van der Waals surface area contributed by atoms with Crippen molar-refractivity contribution in [1.29, 1.82) is 0 Å². The number of rotatable bonds is 3. The highest BCUT2D eigenvalue weighted by atomic mass is 32.1. The summed E-state index contributed by atoms with van der Waals surface area (Å²) in [6.45, 7) is 1.51. The lowest BCUT2D eigenvalue weighted by molar-refractivity contribution is -0.125. The second-order valence-corrected chi connectivity index (χ2v) is 8.92. The molecule has 1 amide bonds. The van der Waals surface area contributed by atoms with Crippen molar-refractivity contribution in [3.05, 3.63) is 30.3 Å². The van der Waals surface area contributed by atoms with E-state index >= 15 is 0 Å². The number of anilines is 1. The Morgan fingerprint density at radius 2 is 2.04 bits per heavy atom. The highest BCUT2D eigenvalue weighted by Crippen LogP contribution is 2.39. The summed E-state index contributed by atoms with van der Waals surface area (Å²) in [5.74, 6) is 0.722. The van der Waals surface area contributed by atoms with Gasteiger partial charge in [-0.05, 0) is 37.8 Å². The molecule has 5 rings (SSSR count). The maximum absolute atomic E-state index is 14.4. The molecule has 7 heteroatoms. The maximum Gasteiger partial charge on any atom is 0.225 e.